The van der Waals surface area contributed by atoms with Crippen molar-refractivity contribution in [3.8, 4) is 5.75 Å². The third-order valence-electron chi connectivity index (χ3n) is 2.81. The Morgan fingerprint density at radius 2 is 1.62 bits per heavy atom. The molecule has 0 bridgehead atoms. The van der Waals surface area contributed by atoms with Crippen LogP contribution in [-0.2, 0) is 4.84 Å². The van der Waals surface area contributed by atoms with Crippen LogP contribution in [0.15, 0.2) is 66.7 Å². The Bertz CT molecular complexity index is 555. The predicted octanol–water partition coefficient (Wildman–Crippen LogP) is 4.34. The van der Waals surface area contributed by atoms with E-state index in [1.165, 1.54) is 0 Å². The van der Waals surface area contributed by atoms with Gasteiger partial charge in [0.15, 0.2) is 0 Å². The number of hydrogen-bond donors (Lipinski definition) is 0. The van der Waals surface area contributed by atoms with Gasteiger partial charge in [0, 0.05) is 12.1 Å². The number of para-hydroxylation sites is 1. The Morgan fingerprint density at radius 3 is 2.33 bits per heavy atom. The number of hydroxylamine groups is 1. The van der Waals surface area contributed by atoms with E-state index in [9.17, 15) is 0 Å². The Balaban J connectivity index is 1.65. The summed E-state index contributed by atoms with van der Waals surface area (Å²) in [6.45, 7) is 0.995. The van der Waals surface area contributed by atoms with Gasteiger partial charge in [-0.15, -0.1) is 0 Å². The molecule has 0 amide bonds. The summed E-state index contributed by atoms with van der Waals surface area (Å²) >= 11 is 5.80. The minimum absolute atomic E-state index is 0.495. The summed E-state index contributed by atoms with van der Waals surface area (Å²) in [5.41, 5.74) is 1.02. The summed E-state index contributed by atoms with van der Waals surface area (Å²) in [6, 6.07) is 17.2. The van der Waals surface area contributed by atoms with E-state index in [0.29, 0.717) is 18.2 Å². The van der Waals surface area contributed by atoms with Crippen LogP contribution < -0.4 is 9.80 Å². The highest BCUT2D eigenvalue weighted by Crippen LogP contribution is 2.15. The van der Waals surface area contributed by atoms with Crippen molar-refractivity contribution in [2.24, 2.45) is 0 Å². The van der Waals surface area contributed by atoms with Gasteiger partial charge >= 0.3 is 0 Å². The number of rotatable bonds is 7. The van der Waals surface area contributed by atoms with Crippen LogP contribution in [0.5, 0.6) is 5.75 Å². The molecule has 110 valence electrons. The van der Waals surface area contributed by atoms with Crippen molar-refractivity contribution < 1.29 is 9.57 Å². The highest BCUT2D eigenvalue weighted by molar-refractivity contribution is 6.30. The molecule has 0 radical (unpaired) electrons. The molecule has 0 N–H and O–H groups in total. The van der Waals surface area contributed by atoms with Gasteiger partial charge in [-0.25, -0.2) is 0 Å². The lowest BCUT2D eigenvalue weighted by atomic mass is 10.3. The minimum atomic E-state index is 0.495. The third kappa shape index (κ3) is 5.50. The number of benzene rings is 2. The fraction of sp³-hybridized carbons (Fsp3) is 0.176. The van der Waals surface area contributed by atoms with Gasteiger partial charge in [0.2, 0.25) is 0 Å². The van der Waals surface area contributed by atoms with Crippen molar-refractivity contribution in [1.29, 1.82) is 0 Å². The van der Waals surface area contributed by atoms with Gasteiger partial charge < -0.3 is 4.74 Å². The number of hydrogen-bond acceptors (Lipinski definition) is 3. The lowest BCUT2D eigenvalue weighted by Crippen LogP contribution is -2.17. The second kappa shape index (κ2) is 8.35. The van der Waals surface area contributed by atoms with E-state index in [1.54, 1.807) is 17.2 Å². The van der Waals surface area contributed by atoms with E-state index in [1.807, 2.05) is 61.7 Å². The van der Waals surface area contributed by atoms with E-state index >= 15 is 0 Å². The van der Waals surface area contributed by atoms with Crippen molar-refractivity contribution in [1.82, 2.24) is 0 Å². The molecule has 0 heterocycles. The van der Waals surface area contributed by atoms with Crippen LogP contribution in [0.3, 0.4) is 0 Å². The average molecular weight is 304 g/mol. The summed E-state index contributed by atoms with van der Waals surface area (Å²) in [5.74, 6) is 0.798. The van der Waals surface area contributed by atoms with Gasteiger partial charge in [-0.2, -0.15) is 0 Å². The van der Waals surface area contributed by atoms with Gasteiger partial charge in [-0.3, -0.25) is 9.90 Å². The minimum Gasteiger partial charge on any atom is -0.490 e. The summed E-state index contributed by atoms with van der Waals surface area (Å²) in [5, 5.41) is 2.44. The molecule has 2 aromatic rings. The summed E-state index contributed by atoms with van der Waals surface area (Å²) in [7, 11) is 1.88. The van der Waals surface area contributed by atoms with Gasteiger partial charge in [-0.05, 0) is 42.5 Å². The standard InChI is InChI=1S/C17H18ClNO2/c1-19(16-7-3-2-4-8-16)21-14-6-5-13-20-17-11-9-15(18)10-12-17/h2-12H,13-14H2,1H3/b6-5+. The van der Waals surface area contributed by atoms with Crippen molar-refractivity contribution in [2.45, 2.75) is 0 Å². The Kier molecular flexibility index (Phi) is 6.13. The molecule has 0 saturated heterocycles. The molecular formula is C17H18ClNO2. The first-order valence-corrected chi connectivity index (χ1v) is 7.08. The van der Waals surface area contributed by atoms with Crippen LogP contribution in [0, 0.1) is 0 Å². The first-order valence-electron chi connectivity index (χ1n) is 6.71. The molecular weight excluding hydrogens is 286 g/mol. The molecule has 0 unspecified atom stereocenters. The van der Waals surface area contributed by atoms with Crippen LogP contribution in [0.4, 0.5) is 5.69 Å². The monoisotopic (exact) mass is 303 g/mol. The molecule has 2 rings (SSSR count). The first-order chi connectivity index (χ1) is 10.3. The molecule has 0 saturated carbocycles. The normalized spacial score (nSPS) is 10.8. The molecule has 0 spiro atoms. The molecule has 0 atom stereocenters. The van der Waals surface area contributed by atoms with E-state index in [0.717, 1.165) is 11.4 Å². The van der Waals surface area contributed by atoms with Crippen LogP contribution in [-0.4, -0.2) is 20.3 Å². The number of nitrogens with zero attached hydrogens (tertiary/aromatic N) is 1. The van der Waals surface area contributed by atoms with Crippen molar-refractivity contribution in [2.75, 3.05) is 25.3 Å². The zero-order valence-corrected chi connectivity index (χ0v) is 12.7. The van der Waals surface area contributed by atoms with Gasteiger partial charge in [0.05, 0.1) is 12.3 Å². The molecule has 2 aromatic carbocycles. The van der Waals surface area contributed by atoms with E-state index in [-0.39, 0.29) is 0 Å². The quantitative estimate of drug-likeness (QED) is 0.561. The summed E-state index contributed by atoms with van der Waals surface area (Å²) < 4.78 is 5.54. The zero-order chi connectivity index (χ0) is 14.9. The largest absolute Gasteiger partial charge is 0.490 e. The van der Waals surface area contributed by atoms with Gasteiger partial charge in [0.1, 0.15) is 12.4 Å². The number of anilines is 1. The molecule has 3 nitrogen and oxygen atoms in total. The van der Waals surface area contributed by atoms with Crippen molar-refractivity contribution in [3.63, 3.8) is 0 Å². The Morgan fingerprint density at radius 1 is 0.952 bits per heavy atom. The third-order valence-corrected chi connectivity index (χ3v) is 3.06. The molecule has 4 heteroatoms. The van der Waals surface area contributed by atoms with Crippen LogP contribution in [0.2, 0.25) is 5.02 Å². The molecule has 0 fully saturated rings. The number of ether oxygens (including phenoxy) is 1. The molecule has 0 aliphatic rings. The Labute approximate surface area is 130 Å². The number of halogens is 1. The second-order valence-corrected chi connectivity index (χ2v) is 4.80. The maximum atomic E-state index is 5.80. The smallest absolute Gasteiger partial charge is 0.119 e. The summed E-state index contributed by atoms with van der Waals surface area (Å²) in [6.07, 6.45) is 3.85. The Hall–Kier alpha value is -1.97. The topological polar surface area (TPSA) is 21.7 Å². The molecule has 0 aliphatic carbocycles. The van der Waals surface area contributed by atoms with Crippen LogP contribution in [0.1, 0.15) is 0 Å². The average Bonchev–Trinajstić information content (AvgIpc) is 2.53. The molecule has 0 aromatic heterocycles. The van der Waals surface area contributed by atoms with E-state index < -0.39 is 0 Å². The van der Waals surface area contributed by atoms with Crippen LogP contribution >= 0.6 is 11.6 Å². The highest BCUT2D eigenvalue weighted by atomic mass is 35.5. The van der Waals surface area contributed by atoms with E-state index in [4.69, 9.17) is 21.2 Å². The SMILES string of the molecule is CN(OC/C=C/COc1ccc(Cl)cc1)c1ccccc1. The first kappa shape index (κ1) is 15.4. The molecule has 0 aliphatic heterocycles. The lowest BCUT2D eigenvalue weighted by Gasteiger charge is -2.17. The maximum absolute atomic E-state index is 5.80. The second-order valence-electron chi connectivity index (χ2n) is 4.37. The van der Waals surface area contributed by atoms with E-state index in [2.05, 4.69) is 0 Å². The van der Waals surface area contributed by atoms with Crippen molar-refractivity contribution >= 4 is 17.3 Å². The highest BCUT2D eigenvalue weighted by Gasteiger charge is 1.97. The fourth-order valence-electron chi connectivity index (χ4n) is 1.68. The van der Waals surface area contributed by atoms with Crippen molar-refractivity contribution in [3.05, 3.63) is 71.8 Å². The van der Waals surface area contributed by atoms with Crippen LogP contribution in [0.25, 0.3) is 0 Å². The van der Waals surface area contributed by atoms with Gasteiger partial charge in [-0.1, -0.05) is 35.9 Å². The lowest BCUT2D eigenvalue weighted by molar-refractivity contribution is 0.149. The fourth-order valence-corrected chi connectivity index (χ4v) is 1.80. The summed E-state index contributed by atoms with van der Waals surface area (Å²) in [4.78, 5) is 5.57. The van der Waals surface area contributed by atoms with Gasteiger partial charge in [0.25, 0.3) is 0 Å². The maximum Gasteiger partial charge on any atom is 0.119 e. The predicted molar refractivity (Wildman–Crippen MR) is 86.9 cm³/mol. The zero-order valence-electron chi connectivity index (χ0n) is 11.9. The molecule has 21 heavy (non-hydrogen) atoms.